The van der Waals surface area contributed by atoms with Gasteiger partial charge in [0.1, 0.15) is 0 Å². The molecule has 19 heavy (non-hydrogen) atoms. The van der Waals surface area contributed by atoms with Crippen LogP contribution in [0.5, 0.6) is 0 Å². The first-order valence-electron chi connectivity index (χ1n) is 6.42. The average molecular weight is 264 g/mol. The second kappa shape index (κ2) is 5.48. The molecule has 0 radical (unpaired) electrons. The van der Waals surface area contributed by atoms with Crippen molar-refractivity contribution in [3.8, 4) is 0 Å². The van der Waals surface area contributed by atoms with E-state index in [0.29, 0.717) is 11.1 Å². The highest BCUT2D eigenvalue weighted by atomic mass is 16.5. The highest BCUT2D eigenvalue weighted by Crippen LogP contribution is 2.48. The monoisotopic (exact) mass is 264 g/mol. The zero-order chi connectivity index (χ0) is 13.9. The maximum Gasteiger partial charge on any atom is 0.337 e. The van der Waals surface area contributed by atoms with Crippen LogP contribution in [0.15, 0.2) is 18.2 Å². The number of anilines is 2. The van der Waals surface area contributed by atoms with Gasteiger partial charge in [-0.1, -0.05) is 0 Å². The molecule has 5 nitrogen and oxygen atoms in total. The fraction of sp³-hybridized carbons (Fsp3) is 0.500. The van der Waals surface area contributed by atoms with Gasteiger partial charge in [-0.05, 0) is 42.9 Å². The van der Waals surface area contributed by atoms with Gasteiger partial charge in [0, 0.05) is 31.6 Å². The van der Waals surface area contributed by atoms with Crippen LogP contribution >= 0.6 is 0 Å². The molecule has 0 aromatic heterocycles. The Morgan fingerprint density at radius 1 is 1.53 bits per heavy atom. The first-order valence-corrected chi connectivity index (χ1v) is 6.42. The quantitative estimate of drug-likeness (QED) is 0.657. The van der Waals surface area contributed by atoms with E-state index in [2.05, 4.69) is 5.32 Å². The lowest BCUT2D eigenvalue weighted by Crippen LogP contribution is -2.17. The molecule has 1 aliphatic rings. The Labute approximate surface area is 112 Å². The Balaban J connectivity index is 1.96. The van der Waals surface area contributed by atoms with Crippen LogP contribution in [0.2, 0.25) is 0 Å². The van der Waals surface area contributed by atoms with Crippen molar-refractivity contribution in [2.75, 3.05) is 31.3 Å². The summed E-state index contributed by atoms with van der Waals surface area (Å²) in [5.74, 6) is -0.998. The molecule has 2 rings (SSSR count). The fourth-order valence-corrected chi connectivity index (χ4v) is 2.15. The number of benzene rings is 1. The van der Waals surface area contributed by atoms with Crippen LogP contribution in [0, 0.1) is 5.41 Å². The molecule has 4 N–H and O–H groups in total. The molecule has 104 valence electrons. The lowest BCUT2D eigenvalue weighted by atomic mass is 10.0. The van der Waals surface area contributed by atoms with Crippen LogP contribution in [-0.4, -0.2) is 31.3 Å². The Morgan fingerprint density at radius 2 is 2.26 bits per heavy atom. The van der Waals surface area contributed by atoms with Crippen molar-refractivity contribution in [3.63, 3.8) is 0 Å². The van der Waals surface area contributed by atoms with Crippen molar-refractivity contribution in [2.45, 2.75) is 19.3 Å². The summed E-state index contributed by atoms with van der Waals surface area (Å²) in [4.78, 5) is 11.0. The largest absolute Gasteiger partial charge is 0.478 e. The summed E-state index contributed by atoms with van der Waals surface area (Å²) in [6, 6.07) is 5.03. The standard InChI is InChI=1S/C14H20N2O3/c1-19-7-6-14(4-5-14)9-16-10-2-3-12(15)11(8-10)13(17)18/h2-3,8,16H,4-7,9,15H2,1H3,(H,17,18). The SMILES string of the molecule is COCCC1(CNc2ccc(N)c(C(=O)O)c2)CC1. The van der Waals surface area contributed by atoms with Crippen molar-refractivity contribution in [1.82, 2.24) is 0 Å². The van der Waals surface area contributed by atoms with Crippen LogP contribution in [0.4, 0.5) is 11.4 Å². The van der Waals surface area contributed by atoms with Crippen molar-refractivity contribution in [1.29, 1.82) is 0 Å². The van der Waals surface area contributed by atoms with Gasteiger partial charge in [0.2, 0.25) is 0 Å². The third-order valence-electron chi connectivity index (χ3n) is 3.74. The Kier molecular flexibility index (Phi) is 3.95. The van der Waals surface area contributed by atoms with E-state index in [9.17, 15) is 4.79 Å². The predicted octanol–water partition coefficient (Wildman–Crippen LogP) is 2.20. The maximum atomic E-state index is 11.0. The minimum Gasteiger partial charge on any atom is -0.478 e. The zero-order valence-electron chi connectivity index (χ0n) is 11.1. The first kappa shape index (κ1) is 13.7. The number of carbonyl (C=O) groups is 1. The molecule has 0 unspecified atom stereocenters. The van der Waals surface area contributed by atoms with Crippen LogP contribution in [0.25, 0.3) is 0 Å². The second-order valence-corrected chi connectivity index (χ2v) is 5.20. The molecule has 1 aliphatic carbocycles. The topological polar surface area (TPSA) is 84.6 Å². The lowest BCUT2D eigenvalue weighted by molar-refractivity contribution is 0.0698. The molecule has 1 aromatic rings. The van der Waals surface area contributed by atoms with E-state index < -0.39 is 5.97 Å². The Hall–Kier alpha value is -1.75. The van der Waals surface area contributed by atoms with Gasteiger partial charge in [0.05, 0.1) is 5.56 Å². The second-order valence-electron chi connectivity index (χ2n) is 5.20. The molecule has 5 heteroatoms. The number of carboxylic acid groups (broad SMARTS) is 1. The Morgan fingerprint density at radius 3 is 2.84 bits per heavy atom. The number of nitrogens with two attached hydrogens (primary N) is 1. The van der Waals surface area contributed by atoms with E-state index in [1.54, 1.807) is 19.2 Å². The first-order chi connectivity index (χ1) is 9.06. The van der Waals surface area contributed by atoms with Crippen molar-refractivity contribution in [3.05, 3.63) is 23.8 Å². The van der Waals surface area contributed by atoms with Crippen LogP contribution in [-0.2, 0) is 4.74 Å². The summed E-state index contributed by atoms with van der Waals surface area (Å²) in [6.07, 6.45) is 3.44. The highest BCUT2D eigenvalue weighted by Gasteiger charge is 2.41. The van der Waals surface area contributed by atoms with Crippen LogP contribution < -0.4 is 11.1 Å². The van der Waals surface area contributed by atoms with E-state index in [4.69, 9.17) is 15.6 Å². The molecule has 1 aromatic carbocycles. The van der Waals surface area contributed by atoms with E-state index in [-0.39, 0.29) is 5.56 Å². The van der Waals surface area contributed by atoms with Gasteiger partial charge >= 0.3 is 5.97 Å². The van der Waals surface area contributed by atoms with Crippen LogP contribution in [0.3, 0.4) is 0 Å². The summed E-state index contributed by atoms with van der Waals surface area (Å²) in [6.45, 7) is 1.61. The molecule has 0 amide bonds. The number of ether oxygens (including phenoxy) is 1. The third-order valence-corrected chi connectivity index (χ3v) is 3.74. The fourth-order valence-electron chi connectivity index (χ4n) is 2.15. The third kappa shape index (κ3) is 3.38. The van der Waals surface area contributed by atoms with Gasteiger partial charge in [0.15, 0.2) is 0 Å². The van der Waals surface area contributed by atoms with Gasteiger partial charge in [-0.25, -0.2) is 4.79 Å². The van der Waals surface area contributed by atoms with Crippen LogP contribution in [0.1, 0.15) is 29.6 Å². The normalized spacial score (nSPS) is 16.1. The molecule has 0 bridgehead atoms. The maximum absolute atomic E-state index is 11.0. The molecule has 0 spiro atoms. The molecular weight excluding hydrogens is 244 g/mol. The minimum atomic E-state index is -0.998. The predicted molar refractivity (Wildman–Crippen MR) is 74.5 cm³/mol. The van der Waals surface area contributed by atoms with Gasteiger partial charge < -0.3 is 20.9 Å². The van der Waals surface area contributed by atoms with Gasteiger partial charge in [0.25, 0.3) is 0 Å². The van der Waals surface area contributed by atoms with E-state index >= 15 is 0 Å². The molecule has 0 atom stereocenters. The van der Waals surface area contributed by atoms with Gasteiger partial charge in [-0.3, -0.25) is 0 Å². The number of aromatic carboxylic acids is 1. The molecule has 0 saturated heterocycles. The number of hydrogen-bond acceptors (Lipinski definition) is 4. The van der Waals surface area contributed by atoms with Crippen molar-refractivity contribution < 1.29 is 14.6 Å². The number of rotatable bonds is 7. The van der Waals surface area contributed by atoms with E-state index in [0.717, 1.165) is 25.3 Å². The molecule has 0 heterocycles. The molecule has 0 aliphatic heterocycles. The number of nitrogen functional groups attached to an aromatic ring is 1. The average Bonchev–Trinajstić information content (AvgIpc) is 3.16. The number of nitrogens with one attached hydrogen (secondary N) is 1. The molecule has 1 fully saturated rings. The van der Waals surface area contributed by atoms with Gasteiger partial charge in [-0.15, -0.1) is 0 Å². The molecule has 1 saturated carbocycles. The summed E-state index contributed by atoms with van der Waals surface area (Å²) in [5, 5.41) is 12.3. The van der Waals surface area contributed by atoms with E-state index in [1.165, 1.54) is 12.8 Å². The van der Waals surface area contributed by atoms with E-state index in [1.807, 2.05) is 6.07 Å². The summed E-state index contributed by atoms with van der Waals surface area (Å²) in [7, 11) is 1.71. The van der Waals surface area contributed by atoms with Crippen molar-refractivity contribution in [2.24, 2.45) is 5.41 Å². The minimum absolute atomic E-state index is 0.145. The highest BCUT2D eigenvalue weighted by molar-refractivity contribution is 5.94. The number of methoxy groups -OCH3 is 1. The summed E-state index contributed by atoms with van der Waals surface area (Å²) >= 11 is 0. The number of hydrogen-bond donors (Lipinski definition) is 3. The number of carboxylic acids is 1. The summed E-state index contributed by atoms with van der Waals surface area (Å²) in [5.41, 5.74) is 7.18. The zero-order valence-corrected chi connectivity index (χ0v) is 11.1. The van der Waals surface area contributed by atoms with Gasteiger partial charge in [-0.2, -0.15) is 0 Å². The smallest absolute Gasteiger partial charge is 0.337 e. The summed E-state index contributed by atoms with van der Waals surface area (Å²) < 4.78 is 5.11. The van der Waals surface area contributed by atoms with Crippen molar-refractivity contribution >= 4 is 17.3 Å². The molecular formula is C14H20N2O3. The lowest BCUT2D eigenvalue weighted by Gasteiger charge is -2.17. The Bertz CT molecular complexity index is 470.